The molecular formula is C15H13ClN2O. The van der Waals surface area contributed by atoms with Crippen molar-refractivity contribution in [2.75, 3.05) is 0 Å². The van der Waals surface area contributed by atoms with E-state index in [1.54, 1.807) is 24.3 Å². The van der Waals surface area contributed by atoms with Crippen molar-refractivity contribution in [2.45, 2.75) is 6.92 Å². The summed E-state index contributed by atoms with van der Waals surface area (Å²) in [7, 11) is 0. The monoisotopic (exact) mass is 272 g/mol. The van der Waals surface area contributed by atoms with Gasteiger partial charge in [-0.3, -0.25) is 4.79 Å². The van der Waals surface area contributed by atoms with Crippen LogP contribution in [0.3, 0.4) is 0 Å². The molecule has 19 heavy (non-hydrogen) atoms. The number of benzene rings is 2. The highest BCUT2D eigenvalue weighted by molar-refractivity contribution is 6.31. The number of hydrogen-bond acceptors (Lipinski definition) is 2. The highest BCUT2D eigenvalue weighted by Crippen LogP contribution is 2.11. The minimum absolute atomic E-state index is 0.234. The van der Waals surface area contributed by atoms with E-state index in [9.17, 15) is 4.79 Å². The predicted octanol–water partition coefficient (Wildman–Crippen LogP) is 3.49. The summed E-state index contributed by atoms with van der Waals surface area (Å²) in [5, 5.41) is 4.71. The number of amides is 1. The van der Waals surface area contributed by atoms with Crippen molar-refractivity contribution in [1.29, 1.82) is 0 Å². The Balaban J connectivity index is 2.09. The number of carbonyl (C=O) groups is 1. The van der Waals surface area contributed by atoms with Gasteiger partial charge in [0.2, 0.25) is 0 Å². The number of halogens is 1. The first-order valence-electron chi connectivity index (χ1n) is 5.82. The van der Waals surface area contributed by atoms with Crippen molar-refractivity contribution in [1.82, 2.24) is 5.43 Å². The Morgan fingerprint density at radius 3 is 2.42 bits per heavy atom. The minimum atomic E-state index is -0.234. The highest BCUT2D eigenvalue weighted by atomic mass is 35.5. The Kier molecular flexibility index (Phi) is 4.31. The quantitative estimate of drug-likeness (QED) is 0.674. The second kappa shape index (κ2) is 6.16. The van der Waals surface area contributed by atoms with Gasteiger partial charge in [0.15, 0.2) is 0 Å². The molecule has 0 unspecified atom stereocenters. The molecule has 1 N–H and O–H groups in total. The predicted molar refractivity (Wildman–Crippen MR) is 77.6 cm³/mol. The number of hydrogen-bond donors (Lipinski definition) is 1. The molecular weight excluding hydrogens is 260 g/mol. The Labute approximate surface area is 116 Å². The molecule has 0 radical (unpaired) electrons. The van der Waals surface area contributed by atoms with Gasteiger partial charge in [-0.05, 0) is 36.8 Å². The molecule has 4 heteroatoms. The second-order valence-corrected chi connectivity index (χ2v) is 4.45. The Morgan fingerprint density at radius 2 is 1.74 bits per heavy atom. The number of hydrazone groups is 1. The molecule has 2 rings (SSSR count). The third kappa shape index (κ3) is 3.66. The van der Waals surface area contributed by atoms with E-state index in [0.29, 0.717) is 16.3 Å². The average molecular weight is 273 g/mol. The maximum Gasteiger partial charge on any atom is 0.271 e. The second-order valence-electron chi connectivity index (χ2n) is 4.01. The minimum Gasteiger partial charge on any atom is -0.267 e. The van der Waals surface area contributed by atoms with Crippen LogP contribution < -0.4 is 5.43 Å². The molecule has 0 aromatic heterocycles. The van der Waals surface area contributed by atoms with Crippen LogP contribution in [0.25, 0.3) is 0 Å². The van der Waals surface area contributed by atoms with Crippen LogP contribution in [0.15, 0.2) is 59.7 Å². The van der Waals surface area contributed by atoms with Crippen LogP contribution in [0.2, 0.25) is 5.02 Å². The van der Waals surface area contributed by atoms with E-state index in [1.807, 2.05) is 37.3 Å². The van der Waals surface area contributed by atoms with Crippen molar-refractivity contribution < 1.29 is 4.79 Å². The third-order valence-electron chi connectivity index (χ3n) is 2.60. The molecule has 2 aromatic carbocycles. The van der Waals surface area contributed by atoms with E-state index < -0.39 is 0 Å². The van der Waals surface area contributed by atoms with Crippen LogP contribution in [-0.4, -0.2) is 11.6 Å². The summed E-state index contributed by atoms with van der Waals surface area (Å²) in [6.45, 7) is 1.82. The van der Waals surface area contributed by atoms with Crippen LogP contribution in [0, 0.1) is 0 Å². The van der Waals surface area contributed by atoms with Crippen LogP contribution in [0.4, 0.5) is 0 Å². The van der Waals surface area contributed by atoms with Crippen LogP contribution in [-0.2, 0) is 0 Å². The summed E-state index contributed by atoms with van der Waals surface area (Å²) < 4.78 is 0. The highest BCUT2D eigenvalue weighted by Gasteiger charge is 2.03. The van der Waals surface area contributed by atoms with Gasteiger partial charge in [0.25, 0.3) is 5.91 Å². The summed E-state index contributed by atoms with van der Waals surface area (Å²) in [6.07, 6.45) is 0. The van der Waals surface area contributed by atoms with Gasteiger partial charge in [-0.1, -0.05) is 41.9 Å². The van der Waals surface area contributed by atoms with Crippen LogP contribution in [0.1, 0.15) is 22.8 Å². The molecule has 0 fully saturated rings. The van der Waals surface area contributed by atoms with E-state index in [2.05, 4.69) is 10.5 Å². The lowest BCUT2D eigenvalue weighted by Crippen LogP contribution is -2.19. The van der Waals surface area contributed by atoms with Crippen molar-refractivity contribution in [3.63, 3.8) is 0 Å². The fraction of sp³-hybridized carbons (Fsp3) is 0.0667. The van der Waals surface area contributed by atoms with Gasteiger partial charge >= 0.3 is 0 Å². The summed E-state index contributed by atoms with van der Waals surface area (Å²) in [6, 6.07) is 16.3. The first kappa shape index (κ1) is 13.3. The molecule has 0 heterocycles. The zero-order valence-electron chi connectivity index (χ0n) is 10.4. The van der Waals surface area contributed by atoms with Gasteiger partial charge in [0.05, 0.1) is 5.71 Å². The normalized spacial score (nSPS) is 11.2. The maximum atomic E-state index is 11.8. The SMILES string of the molecule is C/C(=N/NC(=O)c1ccccc1)c1cccc(Cl)c1. The molecule has 0 saturated heterocycles. The summed E-state index contributed by atoms with van der Waals surface area (Å²) in [5.41, 5.74) is 4.67. The fourth-order valence-electron chi connectivity index (χ4n) is 1.57. The Hall–Kier alpha value is -2.13. The van der Waals surface area contributed by atoms with Crippen molar-refractivity contribution in [3.8, 4) is 0 Å². The standard InChI is InChI=1S/C15H13ClN2O/c1-11(13-8-5-9-14(16)10-13)17-18-15(19)12-6-3-2-4-7-12/h2-10H,1H3,(H,18,19)/b17-11-. The number of nitrogens with one attached hydrogen (secondary N) is 1. The topological polar surface area (TPSA) is 41.5 Å². The van der Waals surface area contributed by atoms with E-state index in [4.69, 9.17) is 11.6 Å². The van der Waals surface area contributed by atoms with Gasteiger partial charge in [-0.2, -0.15) is 5.10 Å². The molecule has 2 aromatic rings. The van der Waals surface area contributed by atoms with E-state index in [-0.39, 0.29) is 5.91 Å². The van der Waals surface area contributed by atoms with Crippen LogP contribution in [0.5, 0.6) is 0 Å². The zero-order valence-corrected chi connectivity index (χ0v) is 11.2. The van der Waals surface area contributed by atoms with Gasteiger partial charge in [0.1, 0.15) is 0 Å². The molecule has 1 amide bonds. The molecule has 96 valence electrons. The lowest BCUT2D eigenvalue weighted by Gasteiger charge is -2.03. The molecule has 0 aliphatic carbocycles. The molecule has 0 bridgehead atoms. The summed E-state index contributed by atoms with van der Waals surface area (Å²) in [4.78, 5) is 11.8. The first-order chi connectivity index (χ1) is 9.16. The van der Waals surface area contributed by atoms with E-state index in [1.165, 1.54) is 0 Å². The zero-order chi connectivity index (χ0) is 13.7. The molecule has 0 aliphatic heterocycles. The number of rotatable bonds is 3. The first-order valence-corrected chi connectivity index (χ1v) is 6.20. The molecule has 0 saturated carbocycles. The van der Waals surface area contributed by atoms with Gasteiger partial charge in [-0.15, -0.1) is 0 Å². The fourth-order valence-corrected chi connectivity index (χ4v) is 1.76. The van der Waals surface area contributed by atoms with E-state index >= 15 is 0 Å². The third-order valence-corrected chi connectivity index (χ3v) is 2.84. The lowest BCUT2D eigenvalue weighted by molar-refractivity contribution is 0.0955. The molecule has 0 atom stereocenters. The van der Waals surface area contributed by atoms with Gasteiger partial charge in [0, 0.05) is 10.6 Å². The molecule has 0 spiro atoms. The number of nitrogens with zero attached hydrogens (tertiary/aromatic N) is 1. The van der Waals surface area contributed by atoms with Crippen molar-refractivity contribution >= 4 is 23.2 Å². The smallest absolute Gasteiger partial charge is 0.267 e. The number of carbonyl (C=O) groups excluding carboxylic acids is 1. The van der Waals surface area contributed by atoms with Crippen molar-refractivity contribution in [3.05, 3.63) is 70.7 Å². The lowest BCUT2D eigenvalue weighted by atomic mass is 10.1. The Bertz CT molecular complexity index is 609. The van der Waals surface area contributed by atoms with Gasteiger partial charge in [-0.25, -0.2) is 5.43 Å². The molecule has 3 nitrogen and oxygen atoms in total. The Morgan fingerprint density at radius 1 is 1.05 bits per heavy atom. The average Bonchev–Trinajstić information content (AvgIpc) is 2.45. The summed E-state index contributed by atoms with van der Waals surface area (Å²) in [5.74, 6) is -0.234. The van der Waals surface area contributed by atoms with E-state index in [0.717, 1.165) is 5.56 Å². The van der Waals surface area contributed by atoms with Crippen molar-refractivity contribution in [2.24, 2.45) is 5.10 Å². The van der Waals surface area contributed by atoms with Crippen LogP contribution >= 0.6 is 11.6 Å². The maximum absolute atomic E-state index is 11.8. The largest absolute Gasteiger partial charge is 0.271 e. The van der Waals surface area contributed by atoms with Gasteiger partial charge < -0.3 is 0 Å². The summed E-state index contributed by atoms with van der Waals surface area (Å²) >= 11 is 5.91. The molecule has 0 aliphatic rings.